The minimum absolute atomic E-state index is 0.0369. The van der Waals surface area contributed by atoms with Gasteiger partial charge in [0.25, 0.3) is 11.5 Å². The summed E-state index contributed by atoms with van der Waals surface area (Å²) in [6, 6.07) is 0.195. The van der Waals surface area contributed by atoms with Crippen molar-refractivity contribution >= 4 is 23.0 Å². The SMILES string of the molecule is Cc1oc2nc[nH]c(=O)c2c1C(=O)N1CCC(NC(=O)NC2CCCCC2)CC1. The molecule has 2 aliphatic rings. The second kappa shape index (κ2) is 8.26. The van der Waals surface area contributed by atoms with Gasteiger partial charge in [-0.3, -0.25) is 9.59 Å². The van der Waals surface area contributed by atoms with E-state index in [0.29, 0.717) is 31.7 Å². The summed E-state index contributed by atoms with van der Waals surface area (Å²) in [5, 5.41) is 6.30. The van der Waals surface area contributed by atoms with Crippen LogP contribution in [-0.2, 0) is 0 Å². The summed E-state index contributed by atoms with van der Waals surface area (Å²) in [6.45, 7) is 2.69. The van der Waals surface area contributed by atoms with E-state index in [9.17, 15) is 14.4 Å². The van der Waals surface area contributed by atoms with Crippen molar-refractivity contribution in [3.63, 3.8) is 0 Å². The molecule has 0 aromatic carbocycles. The largest absolute Gasteiger partial charge is 0.442 e. The van der Waals surface area contributed by atoms with E-state index in [1.54, 1.807) is 11.8 Å². The minimum Gasteiger partial charge on any atom is -0.442 e. The lowest BCUT2D eigenvalue weighted by atomic mass is 9.96. The van der Waals surface area contributed by atoms with Crippen LogP contribution in [0.15, 0.2) is 15.5 Å². The first-order chi connectivity index (χ1) is 14.0. The van der Waals surface area contributed by atoms with Crippen molar-refractivity contribution in [2.45, 2.75) is 64.0 Å². The fraction of sp³-hybridized carbons (Fsp3) is 0.600. The van der Waals surface area contributed by atoms with Crippen molar-refractivity contribution in [3.05, 3.63) is 28.0 Å². The van der Waals surface area contributed by atoms with Gasteiger partial charge in [-0.1, -0.05) is 19.3 Å². The highest BCUT2D eigenvalue weighted by atomic mass is 16.3. The Morgan fingerprint density at radius 3 is 2.45 bits per heavy atom. The number of fused-ring (bicyclic) bond motifs is 1. The van der Waals surface area contributed by atoms with Crippen molar-refractivity contribution in [1.82, 2.24) is 25.5 Å². The second-order valence-corrected chi connectivity index (χ2v) is 7.96. The summed E-state index contributed by atoms with van der Waals surface area (Å²) in [6.07, 6.45) is 8.30. The van der Waals surface area contributed by atoms with Crippen LogP contribution < -0.4 is 16.2 Å². The van der Waals surface area contributed by atoms with Crippen LogP contribution in [0.3, 0.4) is 0 Å². The number of aromatic amines is 1. The van der Waals surface area contributed by atoms with Crippen LogP contribution in [0, 0.1) is 6.92 Å². The molecular weight excluding hydrogens is 374 g/mol. The molecule has 2 aromatic heterocycles. The molecule has 9 nitrogen and oxygen atoms in total. The molecule has 0 radical (unpaired) electrons. The topological polar surface area (TPSA) is 120 Å². The standard InChI is InChI=1S/C20H27N5O4/c1-12-15(16-17(26)21-11-22-18(16)29-12)19(27)25-9-7-14(8-10-25)24-20(28)23-13-5-3-2-4-6-13/h11,13-14H,2-10H2,1H3,(H,21,22,26)(H2,23,24,28). The average molecular weight is 401 g/mol. The molecule has 3 amide bonds. The molecule has 1 saturated heterocycles. The van der Waals surface area contributed by atoms with Gasteiger partial charge in [-0.2, -0.15) is 0 Å². The number of nitrogens with zero attached hydrogens (tertiary/aromatic N) is 2. The molecule has 3 heterocycles. The Labute approximate surface area is 168 Å². The highest BCUT2D eigenvalue weighted by Gasteiger charge is 2.29. The summed E-state index contributed by atoms with van der Waals surface area (Å²) >= 11 is 0. The first kappa shape index (κ1) is 19.5. The zero-order valence-corrected chi connectivity index (χ0v) is 16.6. The van der Waals surface area contributed by atoms with E-state index in [0.717, 1.165) is 12.8 Å². The van der Waals surface area contributed by atoms with Crippen molar-refractivity contribution in [3.8, 4) is 0 Å². The van der Waals surface area contributed by atoms with E-state index in [2.05, 4.69) is 20.6 Å². The summed E-state index contributed by atoms with van der Waals surface area (Å²) in [5.41, 5.74) is 0.0625. The highest BCUT2D eigenvalue weighted by molar-refractivity contribution is 6.06. The number of likely N-dealkylation sites (tertiary alicyclic amines) is 1. The number of H-pyrrole nitrogens is 1. The maximum absolute atomic E-state index is 13.0. The van der Waals surface area contributed by atoms with E-state index in [1.807, 2.05) is 0 Å². The van der Waals surface area contributed by atoms with Gasteiger partial charge in [0.1, 0.15) is 11.1 Å². The molecule has 3 N–H and O–H groups in total. The Kier molecular flexibility index (Phi) is 5.55. The minimum atomic E-state index is -0.383. The van der Waals surface area contributed by atoms with Crippen molar-refractivity contribution in [2.75, 3.05) is 13.1 Å². The van der Waals surface area contributed by atoms with Gasteiger partial charge in [-0.05, 0) is 32.6 Å². The van der Waals surface area contributed by atoms with Crippen LogP contribution in [0.25, 0.3) is 11.1 Å². The third-order valence-corrected chi connectivity index (χ3v) is 5.94. The number of amides is 3. The molecule has 0 spiro atoms. The average Bonchev–Trinajstić information content (AvgIpc) is 3.06. The maximum Gasteiger partial charge on any atom is 0.315 e. The zero-order chi connectivity index (χ0) is 20.4. The Balaban J connectivity index is 1.35. The van der Waals surface area contributed by atoms with Crippen LogP contribution in [0.5, 0.6) is 0 Å². The van der Waals surface area contributed by atoms with Gasteiger partial charge in [0.15, 0.2) is 0 Å². The first-order valence-electron chi connectivity index (χ1n) is 10.4. The molecule has 0 bridgehead atoms. The maximum atomic E-state index is 13.0. The summed E-state index contributed by atoms with van der Waals surface area (Å²) < 4.78 is 5.49. The quantitative estimate of drug-likeness (QED) is 0.727. The van der Waals surface area contributed by atoms with Crippen LogP contribution in [0.1, 0.15) is 61.1 Å². The number of urea groups is 1. The lowest BCUT2D eigenvalue weighted by Gasteiger charge is -2.33. The molecule has 1 aliphatic heterocycles. The lowest BCUT2D eigenvalue weighted by molar-refractivity contribution is 0.0708. The van der Waals surface area contributed by atoms with Gasteiger partial charge in [-0.15, -0.1) is 0 Å². The van der Waals surface area contributed by atoms with Crippen molar-refractivity contribution in [2.24, 2.45) is 0 Å². The van der Waals surface area contributed by atoms with Gasteiger partial charge in [0, 0.05) is 25.2 Å². The Morgan fingerprint density at radius 2 is 1.76 bits per heavy atom. The van der Waals surface area contributed by atoms with Gasteiger partial charge in [0.2, 0.25) is 5.71 Å². The molecule has 2 aromatic rings. The summed E-state index contributed by atoms with van der Waals surface area (Å²) in [4.78, 5) is 45.6. The molecule has 4 rings (SSSR count). The number of nitrogens with one attached hydrogen (secondary N) is 3. The smallest absolute Gasteiger partial charge is 0.315 e. The Hall–Kier alpha value is -2.84. The monoisotopic (exact) mass is 401 g/mol. The fourth-order valence-electron chi connectivity index (χ4n) is 4.36. The van der Waals surface area contributed by atoms with Gasteiger partial charge >= 0.3 is 6.03 Å². The molecule has 1 saturated carbocycles. The number of rotatable bonds is 3. The predicted molar refractivity (Wildman–Crippen MR) is 107 cm³/mol. The number of carbonyl (C=O) groups is 2. The summed E-state index contributed by atoms with van der Waals surface area (Å²) in [7, 11) is 0. The van der Waals surface area contributed by atoms with Crippen LogP contribution >= 0.6 is 0 Å². The van der Waals surface area contributed by atoms with Crippen LogP contribution in [0.4, 0.5) is 4.79 Å². The number of aryl methyl sites for hydroxylation is 1. The number of furan rings is 1. The van der Waals surface area contributed by atoms with Gasteiger partial charge < -0.3 is 24.9 Å². The van der Waals surface area contributed by atoms with E-state index >= 15 is 0 Å². The third kappa shape index (κ3) is 4.13. The molecule has 156 valence electrons. The molecular formula is C20H27N5O4. The van der Waals surface area contributed by atoms with E-state index in [4.69, 9.17) is 4.42 Å². The van der Waals surface area contributed by atoms with E-state index < -0.39 is 0 Å². The number of hydrogen-bond donors (Lipinski definition) is 3. The highest BCUT2D eigenvalue weighted by Crippen LogP contribution is 2.24. The normalized spacial score (nSPS) is 18.7. The third-order valence-electron chi connectivity index (χ3n) is 5.94. The number of piperidine rings is 1. The van der Waals surface area contributed by atoms with Gasteiger partial charge in [0.05, 0.1) is 11.9 Å². The van der Waals surface area contributed by atoms with E-state index in [1.165, 1.54) is 25.6 Å². The lowest BCUT2D eigenvalue weighted by Crippen LogP contribution is -2.51. The second-order valence-electron chi connectivity index (χ2n) is 7.96. The van der Waals surface area contributed by atoms with Crippen molar-refractivity contribution in [1.29, 1.82) is 0 Å². The molecule has 1 aliphatic carbocycles. The Bertz CT molecular complexity index is 951. The molecule has 29 heavy (non-hydrogen) atoms. The number of hydrogen-bond acceptors (Lipinski definition) is 5. The van der Waals surface area contributed by atoms with Crippen LogP contribution in [-0.4, -0.2) is 52.0 Å². The first-order valence-corrected chi connectivity index (χ1v) is 10.4. The number of carbonyl (C=O) groups excluding carboxylic acids is 2. The Morgan fingerprint density at radius 1 is 1.10 bits per heavy atom. The molecule has 2 fully saturated rings. The van der Waals surface area contributed by atoms with E-state index in [-0.39, 0.29) is 46.2 Å². The molecule has 9 heteroatoms. The predicted octanol–water partition coefficient (Wildman–Crippen LogP) is 2.06. The summed E-state index contributed by atoms with van der Waals surface area (Å²) in [5.74, 6) is 0.158. The number of aromatic nitrogens is 2. The zero-order valence-electron chi connectivity index (χ0n) is 16.6. The fourth-order valence-corrected chi connectivity index (χ4v) is 4.36. The molecule has 0 unspecified atom stereocenters. The molecule has 0 atom stereocenters. The van der Waals surface area contributed by atoms with Gasteiger partial charge in [-0.25, -0.2) is 9.78 Å². The van der Waals surface area contributed by atoms with Crippen LogP contribution in [0.2, 0.25) is 0 Å². The van der Waals surface area contributed by atoms with Crippen molar-refractivity contribution < 1.29 is 14.0 Å².